The molecule has 0 amide bonds. The number of hydrogen-bond acceptors (Lipinski definition) is 1. The molecule has 0 aromatic heterocycles. The first kappa shape index (κ1) is 11.9. The molecule has 0 aliphatic carbocycles. The van der Waals surface area contributed by atoms with Gasteiger partial charge in [0.1, 0.15) is 0 Å². The third-order valence-electron chi connectivity index (χ3n) is 1.95. The van der Waals surface area contributed by atoms with Gasteiger partial charge in [-0.3, -0.25) is 0 Å². The van der Waals surface area contributed by atoms with Crippen molar-refractivity contribution < 1.29 is 0 Å². The lowest BCUT2D eigenvalue weighted by Crippen LogP contribution is -2.00. The lowest BCUT2D eigenvalue weighted by Gasteiger charge is -2.01. The summed E-state index contributed by atoms with van der Waals surface area (Å²) >= 11 is 5.80. The highest BCUT2D eigenvalue weighted by Gasteiger charge is 1.94. The molecule has 0 aliphatic heterocycles. The minimum absolute atomic E-state index is 0.755. The molecule has 15 heavy (non-hydrogen) atoms. The summed E-state index contributed by atoms with van der Waals surface area (Å²) in [7, 11) is 0. The fourth-order valence-corrected chi connectivity index (χ4v) is 1.30. The third kappa shape index (κ3) is 4.71. The van der Waals surface area contributed by atoms with Gasteiger partial charge in [-0.1, -0.05) is 35.4 Å². The molecule has 0 fully saturated rings. The second-order valence-electron chi connectivity index (χ2n) is 3.79. The predicted octanol–water partition coefficient (Wildman–Crippen LogP) is 3.69. The van der Waals surface area contributed by atoms with Crippen molar-refractivity contribution >= 4 is 11.6 Å². The largest absolute Gasteiger partial charge is 0.402 e. The summed E-state index contributed by atoms with van der Waals surface area (Å²) in [6, 6.07) is 7.74. The summed E-state index contributed by atoms with van der Waals surface area (Å²) in [5, 5.41) is 0.755. The molecule has 1 rings (SSSR count). The van der Waals surface area contributed by atoms with E-state index in [0.29, 0.717) is 0 Å². The fraction of sp³-hybridized carbons (Fsp3) is 0.231. The summed E-state index contributed by atoms with van der Waals surface area (Å²) < 4.78 is 0. The summed E-state index contributed by atoms with van der Waals surface area (Å²) in [6.45, 7) is 4.10. The van der Waals surface area contributed by atoms with Crippen molar-refractivity contribution in [2.45, 2.75) is 20.3 Å². The summed E-state index contributed by atoms with van der Waals surface area (Å²) in [4.78, 5) is 0. The Bertz CT molecular complexity index is 370. The molecule has 0 heterocycles. The second kappa shape index (κ2) is 5.62. The molecule has 1 aromatic carbocycles. The molecule has 0 bridgehead atoms. The predicted molar refractivity (Wildman–Crippen MR) is 66.9 cm³/mol. The van der Waals surface area contributed by atoms with Crippen molar-refractivity contribution in [3.05, 3.63) is 58.3 Å². The van der Waals surface area contributed by atoms with Gasteiger partial charge in [0.05, 0.1) is 0 Å². The average Bonchev–Trinajstić information content (AvgIpc) is 2.19. The molecule has 0 saturated heterocycles. The molecule has 0 saturated carbocycles. The Kier molecular flexibility index (Phi) is 4.44. The maximum atomic E-state index is 5.88. The maximum Gasteiger partial charge on any atom is 0.0406 e. The highest BCUT2D eigenvalue weighted by molar-refractivity contribution is 6.30. The molecule has 2 N–H and O–H groups in total. The average molecular weight is 222 g/mol. The third-order valence-corrected chi connectivity index (χ3v) is 2.20. The Hall–Kier alpha value is -1.21. The Labute approximate surface area is 96.2 Å². The molecule has 0 unspecified atom stereocenters. The lowest BCUT2D eigenvalue weighted by molar-refractivity contribution is 1.11. The minimum atomic E-state index is 0.755. The van der Waals surface area contributed by atoms with E-state index in [2.05, 4.69) is 0 Å². The molecule has 2 heteroatoms. The van der Waals surface area contributed by atoms with Crippen LogP contribution in [-0.2, 0) is 6.42 Å². The first-order valence-corrected chi connectivity index (χ1v) is 5.29. The van der Waals surface area contributed by atoms with Gasteiger partial charge in [-0.05, 0) is 37.6 Å². The quantitative estimate of drug-likeness (QED) is 0.775. The molecule has 80 valence electrons. The van der Waals surface area contributed by atoms with E-state index in [-0.39, 0.29) is 0 Å². The van der Waals surface area contributed by atoms with Gasteiger partial charge >= 0.3 is 0 Å². The van der Waals surface area contributed by atoms with Crippen LogP contribution in [0.5, 0.6) is 0 Å². The Morgan fingerprint density at radius 2 is 1.80 bits per heavy atom. The van der Waals surface area contributed by atoms with Crippen LogP contribution in [-0.4, -0.2) is 0 Å². The van der Waals surface area contributed by atoms with Crippen LogP contribution in [0.2, 0.25) is 5.02 Å². The number of allylic oxidation sites excluding steroid dienone is 4. The van der Waals surface area contributed by atoms with Crippen LogP contribution < -0.4 is 5.73 Å². The molecule has 0 atom stereocenters. The van der Waals surface area contributed by atoms with Crippen LogP contribution in [0.4, 0.5) is 0 Å². The van der Waals surface area contributed by atoms with Crippen molar-refractivity contribution in [2.75, 3.05) is 0 Å². The highest BCUT2D eigenvalue weighted by atomic mass is 35.5. The van der Waals surface area contributed by atoms with Gasteiger partial charge in [0.25, 0.3) is 0 Å². The molecule has 0 spiro atoms. The van der Waals surface area contributed by atoms with Crippen molar-refractivity contribution in [3.8, 4) is 0 Å². The smallest absolute Gasteiger partial charge is 0.0406 e. The zero-order valence-corrected chi connectivity index (χ0v) is 9.88. The Morgan fingerprint density at radius 1 is 1.20 bits per heavy atom. The van der Waals surface area contributed by atoms with E-state index in [1.165, 1.54) is 11.1 Å². The van der Waals surface area contributed by atoms with Crippen LogP contribution in [0, 0.1) is 0 Å². The number of hydrogen-bond donors (Lipinski definition) is 1. The van der Waals surface area contributed by atoms with E-state index in [9.17, 15) is 0 Å². The Balaban J connectivity index is 2.66. The zero-order valence-electron chi connectivity index (χ0n) is 9.13. The van der Waals surface area contributed by atoms with E-state index in [4.69, 9.17) is 17.3 Å². The van der Waals surface area contributed by atoms with Gasteiger partial charge in [-0.2, -0.15) is 0 Å². The topological polar surface area (TPSA) is 26.0 Å². The number of halogens is 1. The summed E-state index contributed by atoms with van der Waals surface area (Å²) in [6.07, 6.45) is 4.73. The van der Waals surface area contributed by atoms with Crippen LogP contribution in [0.1, 0.15) is 19.4 Å². The molecular formula is C13H16ClN. The molecule has 0 radical (unpaired) electrons. The summed E-state index contributed by atoms with van der Waals surface area (Å²) in [5.41, 5.74) is 9.16. The van der Waals surface area contributed by atoms with Crippen molar-refractivity contribution in [3.63, 3.8) is 0 Å². The Morgan fingerprint density at radius 3 is 2.33 bits per heavy atom. The fourth-order valence-electron chi connectivity index (χ4n) is 1.17. The van der Waals surface area contributed by atoms with E-state index in [0.717, 1.165) is 17.1 Å². The monoisotopic (exact) mass is 221 g/mol. The van der Waals surface area contributed by atoms with Gasteiger partial charge in [-0.25, -0.2) is 0 Å². The van der Waals surface area contributed by atoms with Gasteiger partial charge in [0.2, 0.25) is 0 Å². The van der Waals surface area contributed by atoms with E-state index in [1.54, 1.807) is 0 Å². The number of nitrogens with two attached hydrogens (primary N) is 1. The molecular weight excluding hydrogens is 206 g/mol. The highest BCUT2D eigenvalue weighted by Crippen LogP contribution is 2.11. The minimum Gasteiger partial charge on any atom is -0.402 e. The number of benzene rings is 1. The van der Waals surface area contributed by atoms with Crippen molar-refractivity contribution in [2.24, 2.45) is 5.73 Å². The van der Waals surface area contributed by atoms with E-state index in [1.807, 2.05) is 50.3 Å². The number of rotatable bonds is 3. The van der Waals surface area contributed by atoms with Gasteiger partial charge in [0, 0.05) is 17.1 Å². The SMILES string of the molecule is CC(C)=C/C=C(\N)Cc1ccc(Cl)cc1. The van der Waals surface area contributed by atoms with Crippen LogP contribution >= 0.6 is 11.6 Å². The first-order chi connectivity index (χ1) is 7.08. The van der Waals surface area contributed by atoms with Gasteiger partial charge in [0.15, 0.2) is 0 Å². The lowest BCUT2D eigenvalue weighted by atomic mass is 10.1. The van der Waals surface area contributed by atoms with Crippen LogP contribution in [0.25, 0.3) is 0 Å². The maximum absolute atomic E-state index is 5.88. The first-order valence-electron chi connectivity index (χ1n) is 4.92. The molecule has 0 aliphatic rings. The second-order valence-corrected chi connectivity index (χ2v) is 4.23. The van der Waals surface area contributed by atoms with Crippen molar-refractivity contribution in [1.29, 1.82) is 0 Å². The van der Waals surface area contributed by atoms with Crippen molar-refractivity contribution in [1.82, 2.24) is 0 Å². The van der Waals surface area contributed by atoms with Gasteiger partial charge < -0.3 is 5.73 Å². The van der Waals surface area contributed by atoms with Crippen LogP contribution in [0.15, 0.2) is 47.7 Å². The van der Waals surface area contributed by atoms with E-state index >= 15 is 0 Å². The van der Waals surface area contributed by atoms with Crippen LogP contribution in [0.3, 0.4) is 0 Å². The molecule has 1 nitrogen and oxygen atoms in total. The van der Waals surface area contributed by atoms with E-state index < -0.39 is 0 Å². The normalized spacial score (nSPS) is 11.3. The zero-order chi connectivity index (χ0) is 11.3. The van der Waals surface area contributed by atoms with Gasteiger partial charge in [-0.15, -0.1) is 0 Å². The standard InChI is InChI=1S/C13H16ClN/c1-10(2)3-8-13(15)9-11-4-6-12(14)7-5-11/h3-8H,9,15H2,1-2H3/b13-8-. The molecule has 1 aromatic rings. The summed E-state index contributed by atoms with van der Waals surface area (Å²) in [5.74, 6) is 0.